The van der Waals surface area contributed by atoms with Gasteiger partial charge in [0.2, 0.25) is 5.91 Å². The van der Waals surface area contributed by atoms with E-state index in [4.69, 9.17) is 0 Å². The van der Waals surface area contributed by atoms with E-state index in [0.29, 0.717) is 12.3 Å². The molecule has 2 aliphatic rings. The van der Waals surface area contributed by atoms with Gasteiger partial charge in [0.15, 0.2) is 0 Å². The van der Waals surface area contributed by atoms with Gasteiger partial charge in [-0.15, -0.1) is 0 Å². The topological polar surface area (TPSA) is 41.4 Å². The monoisotopic (exact) mass is 318 g/mol. The highest BCUT2D eigenvalue weighted by Crippen LogP contribution is 2.24. The number of hydrogen-bond acceptors (Lipinski definition) is 3. The summed E-state index contributed by atoms with van der Waals surface area (Å²) in [5, 5.41) is 4.44. The lowest BCUT2D eigenvalue weighted by atomic mass is 10.1. The van der Waals surface area contributed by atoms with Gasteiger partial charge in [0.05, 0.1) is 5.69 Å². The summed E-state index contributed by atoms with van der Waals surface area (Å²) in [6.07, 6.45) is 6.90. The number of aromatic nitrogens is 2. The molecule has 3 rings (SSSR count). The molecule has 0 bridgehead atoms. The third-order valence-corrected chi connectivity index (χ3v) is 5.76. The zero-order valence-electron chi connectivity index (χ0n) is 14.8. The molecule has 1 aromatic heterocycles. The first-order chi connectivity index (χ1) is 11.1. The fourth-order valence-corrected chi connectivity index (χ4v) is 4.18. The van der Waals surface area contributed by atoms with E-state index in [1.165, 1.54) is 36.9 Å². The number of amides is 1. The van der Waals surface area contributed by atoms with Crippen LogP contribution in [0.3, 0.4) is 0 Å². The Kier molecular flexibility index (Phi) is 5.05. The molecule has 0 unspecified atom stereocenters. The average Bonchev–Trinajstić information content (AvgIpc) is 3.16. The van der Waals surface area contributed by atoms with E-state index in [-0.39, 0.29) is 0 Å². The molecule has 0 atom stereocenters. The molecule has 1 aliphatic heterocycles. The zero-order valence-corrected chi connectivity index (χ0v) is 14.8. The van der Waals surface area contributed by atoms with Crippen molar-refractivity contribution in [1.82, 2.24) is 19.6 Å². The summed E-state index contributed by atoms with van der Waals surface area (Å²) in [6.45, 7) is 8.04. The zero-order chi connectivity index (χ0) is 16.4. The SMILES string of the molecule is Cc1nn(C)c(C)c1CCC(=O)N1CCN(C2CCCC2)CC1. The van der Waals surface area contributed by atoms with Crippen LogP contribution in [0.1, 0.15) is 49.1 Å². The molecular weight excluding hydrogens is 288 g/mol. The van der Waals surface area contributed by atoms with Crippen LogP contribution in [0.2, 0.25) is 0 Å². The molecule has 0 aromatic carbocycles. The predicted octanol–water partition coefficient (Wildman–Crippen LogP) is 2.06. The van der Waals surface area contributed by atoms with Gasteiger partial charge in [-0.25, -0.2) is 0 Å². The van der Waals surface area contributed by atoms with Crippen molar-refractivity contribution in [1.29, 1.82) is 0 Å². The second kappa shape index (κ2) is 7.04. The number of carbonyl (C=O) groups excluding carboxylic acids is 1. The van der Waals surface area contributed by atoms with Crippen molar-refractivity contribution in [2.75, 3.05) is 26.2 Å². The van der Waals surface area contributed by atoms with Crippen LogP contribution in [0.15, 0.2) is 0 Å². The highest BCUT2D eigenvalue weighted by Gasteiger charge is 2.27. The van der Waals surface area contributed by atoms with Crippen LogP contribution in [0.4, 0.5) is 0 Å². The fraction of sp³-hybridized carbons (Fsp3) is 0.778. The van der Waals surface area contributed by atoms with Crippen molar-refractivity contribution in [3.05, 3.63) is 17.0 Å². The fourth-order valence-electron chi connectivity index (χ4n) is 4.18. The highest BCUT2D eigenvalue weighted by molar-refractivity contribution is 5.76. The third-order valence-electron chi connectivity index (χ3n) is 5.76. The molecule has 2 heterocycles. The lowest BCUT2D eigenvalue weighted by Gasteiger charge is -2.38. The second-order valence-electron chi connectivity index (χ2n) is 7.13. The van der Waals surface area contributed by atoms with Crippen molar-refractivity contribution in [2.45, 2.75) is 58.4 Å². The maximum Gasteiger partial charge on any atom is 0.222 e. The first-order valence-corrected chi connectivity index (χ1v) is 9.07. The maximum atomic E-state index is 12.5. The van der Waals surface area contributed by atoms with Gasteiger partial charge >= 0.3 is 0 Å². The molecule has 0 N–H and O–H groups in total. The number of hydrogen-bond donors (Lipinski definition) is 0. The Morgan fingerprint density at radius 2 is 1.78 bits per heavy atom. The molecule has 0 spiro atoms. The summed E-state index contributed by atoms with van der Waals surface area (Å²) in [5.74, 6) is 0.304. The predicted molar refractivity (Wildman–Crippen MR) is 91.4 cm³/mol. The van der Waals surface area contributed by atoms with Crippen LogP contribution in [-0.4, -0.2) is 57.7 Å². The summed E-state index contributed by atoms with van der Waals surface area (Å²) in [6, 6.07) is 0.785. The van der Waals surface area contributed by atoms with Crippen molar-refractivity contribution in [2.24, 2.45) is 7.05 Å². The Labute approximate surface area is 139 Å². The van der Waals surface area contributed by atoms with Crippen molar-refractivity contribution >= 4 is 5.91 Å². The normalized spacial score (nSPS) is 20.4. The molecule has 1 saturated heterocycles. The van der Waals surface area contributed by atoms with Crippen LogP contribution in [0.25, 0.3) is 0 Å². The van der Waals surface area contributed by atoms with Crippen molar-refractivity contribution in [3.63, 3.8) is 0 Å². The Morgan fingerprint density at radius 3 is 2.35 bits per heavy atom. The van der Waals surface area contributed by atoms with Gasteiger partial charge in [-0.05, 0) is 38.7 Å². The Hall–Kier alpha value is -1.36. The van der Waals surface area contributed by atoms with Crippen LogP contribution in [0.5, 0.6) is 0 Å². The second-order valence-corrected chi connectivity index (χ2v) is 7.13. The van der Waals surface area contributed by atoms with E-state index in [0.717, 1.165) is 44.3 Å². The van der Waals surface area contributed by atoms with Gasteiger partial charge in [0.1, 0.15) is 0 Å². The molecule has 5 nitrogen and oxygen atoms in total. The number of carbonyl (C=O) groups is 1. The summed E-state index contributed by atoms with van der Waals surface area (Å²) in [7, 11) is 1.97. The average molecular weight is 318 g/mol. The third kappa shape index (κ3) is 3.60. The lowest BCUT2D eigenvalue weighted by Crippen LogP contribution is -2.51. The van der Waals surface area contributed by atoms with Gasteiger partial charge in [-0.3, -0.25) is 14.4 Å². The van der Waals surface area contributed by atoms with E-state index in [1.807, 2.05) is 18.7 Å². The molecule has 2 fully saturated rings. The first-order valence-electron chi connectivity index (χ1n) is 9.07. The van der Waals surface area contributed by atoms with E-state index in [9.17, 15) is 4.79 Å². The molecule has 1 aliphatic carbocycles. The number of rotatable bonds is 4. The quantitative estimate of drug-likeness (QED) is 0.853. The Balaban J connectivity index is 1.48. The number of piperazine rings is 1. The van der Waals surface area contributed by atoms with Crippen molar-refractivity contribution in [3.8, 4) is 0 Å². The number of aryl methyl sites for hydroxylation is 2. The maximum absolute atomic E-state index is 12.5. The van der Waals surface area contributed by atoms with Gasteiger partial charge in [-0.1, -0.05) is 12.8 Å². The molecule has 23 heavy (non-hydrogen) atoms. The van der Waals surface area contributed by atoms with Crippen LogP contribution in [0, 0.1) is 13.8 Å². The van der Waals surface area contributed by atoms with E-state index < -0.39 is 0 Å². The minimum Gasteiger partial charge on any atom is -0.340 e. The summed E-state index contributed by atoms with van der Waals surface area (Å²) in [4.78, 5) is 17.2. The molecule has 1 saturated carbocycles. The Morgan fingerprint density at radius 1 is 1.13 bits per heavy atom. The first kappa shape index (κ1) is 16.5. The summed E-state index contributed by atoms with van der Waals surface area (Å²) in [5.41, 5.74) is 3.48. The van der Waals surface area contributed by atoms with Crippen LogP contribution in [-0.2, 0) is 18.3 Å². The van der Waals surface area contributed by atoms with Gasteiger partial charge in [0.25, 0.3) is 0 Å². The van der Waals surface area contributed by atoms with E-state index in [1.54, 1.807) is 0 Å². The smallest absolute Gasteiger partial charge is 0.222 e. The molecule has 128 valence electrons. The molecule has 0 radical (unpaired) electrons. The highest BCUT2D eigenvalue weighted by atomic mass is 16.2. The van der Waals surface area contributed by atoms with Gasteiger partial charge < -0.3 is 4.90 Å². The van der Waals surface area contributed by atoms with E-state index >= 15 is 0 Å². The lowest BCUT2D eigenvalue weighted by molar-refractivity contribution is -0.133. The standard InChI is InChI=1S/C18H30N4O/c1-14-17(15(2)20(3)19-14)8-9-18(23)22-12-10-21(11-13-22)16-6-4-5-7-16/h16H,4-13H2,1-3H3. The minimum absolute atomic E-state index is 0.304. The van der Waals surface area contributed by atoms with E-state index in [2.05, 4.69) is 21.8 Å². The van der Waals surface area contributed by atoms with Gasteiger partial charge in [-0.2, -0.15) is 5.10 Å². The molecular formula is C18H30N4O. The molecule has 1 amide bonds. The van der Waals surface area contributed by atoms with Crippen molar-refractivity contribution < 1.29 is 4.79 Å². The van der Waals surface area contributed by atoms with Crippen LogP contribution >= 0.6 is 0 Å². The summed E-state index contributed by atoms with van der Waals surface area (Å²) >= 11 is 0. The summed E-state index contributed by atoms with van der Waals surface area (Å²) < 4.78 is 1.91. The van der Waals surface area contributed by atoms with Crippen LogP contribution < -0.4 is 0 Å². The number of nitrogens with zero attached hydrogens (tertiary/aromatic N) is 4. The Bertz CT molecular complexity index is 552. The molecule has 5 heteroatoms. The minimum atomic E-state index is 0.304. The molecule has 1 aromatic rings. The largest absolute Gasteiger partial charge is 0.340 e. The van der Waals surface area contributed by atoms with Gasteiger partial charge in [0, 0.05) is 51.4 Å².